The average molecular weight is 333 g/mol. The molecule has 7 heteroatoms. The molecule has 1 saturated carbocycles. The quantitative estimate of drug-likeness (QED) is 0.837. The normalized spacial score (nSPS) is 23.4. The van der Waals surface area contributed by atoms with E-state index in [0.717, 1.165) is 34.9 Å². The summed E-state index contributed by atoms with van der Waals surface area (Å²) in [5.41, 5.74) is 1.07. The van der Waals surface area contributed by atoms with Crippen molar-refractivity contribution in [2.24, 2.45) is 0 Å². The maximum Gasteiger partial charge on any atom is 0.250 e. The first-order valence-corrected chi connectivity index (χ1v) is 10.4. The Morgan fingerprint density at radius 1 is 1.30 bits per heavy atom. The fraction of sp³-hybridized carbons (Fsp3) is 0.692. The van der Waals surface area contributed by atoms with Crippen LogP contribution >= 0.6 is 23.1 Å². The number of thioether (sulfide) groups is 1. The summed E-state index contributed by atoms with van der Waals surface area (Å²) >= 11 is 3.21. The van der Waals surface area contributed by atoms with Crippen LogP contribution in [0.1, 0.15) is 29.7 Å². The van der Waals surface area contributed by atoms with Gasteiger partial charge in [-0.3, -0.25) is 0 Å². The Bertz CT molecular complexity index is 572. The summed E-state index contributed by atoms with van der Waals surface area (Å²) in [6.45, 7) is 2.78. The lowest BCUT2D eigenvalue weighted by Gasteiger charge is -2.10. The number of rotatable bonds is 6. The second kappa shape index (κ2) is 5.96. The van der Waals surface area contributed by atoms with Gasteiger partial charge in [0.1, 0.15) is 4.21 Å². The van der Waals surface area contributed by atoms with E-state index in [1.165, 1.54) is 24.2 Å². The van der Waals surface area contributed by atoms with E-state index in [4.69, 9.17) is 0 Å². The second-order valence-electron chi connectivity index (χ2n) is 5.51. The van der Waals surface area contributed by atoms with Gasteiger partial charge in [-0.1, -0.05) is 0 Å². The number of hydrogen-bond acceptors (Lipinski definition) is 5. The smallest absolute Gasteiger partial charge is 0.250 e. The van der Waals surface area contributed by atoms with Gasteiger partial charge in [-0.25, -0.2) is 13.1 Å². The molecule has 20 heavy (non-hydrogen) atoms. The molecule has 0 aromatic carbocycles. The van der Waals surface area contributed by atoms with Crippen LogP contribution in [0, 0.1) is 6.92 Å². The lowest BCUT2D eigenvalue weighted by Crippen LogP contribution is -2.34. The largest absolute Gasteiger partial charge is 0.309 e. The summed E-state index contributed by atoms with van der Waals surface area (Å²) in [5.74, 6) is 1.94. The Kier molecular flexibility index (Phi) is 4.42. The SMILES string of the molecule is Cc1cc(S(=O)(=O)NC2CCSC2)sc1CNC1CC1. The lowest BCUT2D eigenvalue weighted by molar-refractivity contribution is 0.565. The van der Waals surface area contributed by atoms with Crippen LogP contribution in [0.5, 0.6) is 0 Å². The van der Waals surface area contributed by atoms with Crippen molar-refractivity contribution >= 4 is 33.1 Å². The molecule has 1 unspecified atom stereocenters. The summed E-state index contributed by atoms with van der Waals surface area (Å²) in [5, 5.41) is 3.44. The zero-order valence-corrected chi connectivity index (χ0v) is 14.0. The lowest BCUT2D eigenvalue weighted by atomic mass is 10.3. The standard InChI is InChI=1S/C13H20N2O2S3/c1-9-6-13(19-12(9)7-14-10-2-3-10)20(16,17)15-11-4-5-18-8-11/h6,10-11,14-15H,2-5,7-8H2,1H3. The third-order valence-electron chi connectivity index (χ3n) is 3.64. The van der Waals surface area contributed by atoms with Crippen molar-refractivity contribution in [1.29, 1.82) is 0 Å². The fourth-order valence-corrected chi connectivity index (χ4v) is 6.31. The first kappa shape index (κ1) is 14.8. The van der Waals surface area contributed by atoms with Crippen molar-refractivity contribution in [3.8, 4) is 0 Å². The van der Waals surface area contributed by atoms with Crippen LogP contribution in [-0.4, -0.2) is 32.0 Å². The predicted octanol–water partition coefficient (Wildman–Crippen LogP) is 2.09. The Morgan fingerprint density at radius 2 is 2.10 bits per heavy atom. The molecule has 2 N–H and O–H groups in total. The van der Waals surface area contributed by atoms with Gasteiger partial charge >= 0.3 is 0 Å². The highest BCUT2D eigenvalue weighted by Crippen LogP contribution is 2.28. The minimum Gasteiger partial charge on any atom is -0.309 e. The van der Waals surface area contributed by atoms with Gasteiger partial charge in [-0.15, -0.1) is 11.3 Å². The van der Waals surface area contributed by atoms with E-state index in [1.807, 2.05) is 18.7 Å². The first-order valence-electron chi connectivity index (χ1n) is 6.97. The molecule has 4 nitrogen and oxygen atoms in total. The van der Waals surface area contributed by atoms with Crippen LogP contribution in [0.15, 0.2) is 10.3 Å². The van der Waals surface area contributed by atoms with E-state index >= 15 is 0 Å². The molecule has 1 aliphatic heterocycles. The van der Waals surface area contributed by atoms with Crippen LogP contribution < -0.4 is 10.0 Å². The molecule has 2 fully saturated rings. The Hall–Kier alpha value is -0.0800. The number of sulfonamides is 1. The molecular weight excluding hydrogens is 312 g/mol. The molecule has 1 atom stereocenters. The molecule has 0 radical (unpaired) electrons. The number of aryl methyl sites for hydroxylation is 1. The fourth-order valence-electron chi connectivity index (χ4n) is 2.23. The molecule has 1 aromatic heterocycles. The van der Waals surface area contributed by atoms with Gasteiger partial charge in [0.15, 0.2) is 0 Å². The monoisotopic (exact) mass is 332 g/mol. The predicted molar refractivity (Wildman–Crippen MR) is 85.0 cm³/mol. The van der Waals surface area contributed by atoms with Crippen LogP contribution in [0.2, 0.25) is 0 Å². The third kappa shape index (κ3) is 3.57. The van der Waals surface area contributed by atoms with Gasteiger partial charge in [0, 0.05) is 29.3 Å². The van der Waals surface area contributed by atoms with Crippen LogP contribution in [-0.2, 0) is 16.6 Å². The Morgan fingerprint density at radius 3 is 2.75 bits per heavy atom. The first-order chi connectivity index (χ1) is 9.54. The highest BCUT2D eigenvalue weighted by atomic mass is 32.2. The molecule has 0 amide bonds. The minimum atomic E-state index is -3.34. The van der Waals surface area contributed by atoms with E-state index in [2.05, 4.69) is 10.0 Å². The zero-order valence-electron chi connectivity index (χ0n) is 11.5. The Balaban J connectivity index is 1.69. The summed E-state index contributed by atoms with van der Waals surface area (Å²) in [7, 11) is -3.34. The summed E-state index contributed by atoms with van der Waals surface area (Å²) in [6, 6.07) is 2.55. The topological polar surface area (TPSA) is 58.2 Å². The number of nitrogens with one attached hydrogen (secondary N) is 2. The van der Waals surface area contributed by atoms with E-state index in [0.29, 0.717) is 10.3 Å². The summed E-state index contributed by atoms with van der Waals surface area (Å²) < 4.78 is 28.0. The molecule has 112 valence electrons. The highest BCUT2D eigenvalue weighted by Gasteiger charge is 2.26. The van der Waals surface area contributed by atoms with Gasteiger partial charge in [0.05, 0.1) is 0 Å². The summed E-state index contributed by atoms with van der Waals surface area (Å²) in [4.78, 5) is 1.14. The maximum absolute atomic E-state index is 12.4. The second-order valence-corrected chi connectivity index (χ2v) is 9.74. The summed E-state index contributed by atoms with van der Waals surface area (Å²) in [6.07, 6.45) is 3.43. The zero-order chi connectivity index (χ0) is 14.2. The van der Waals surface area contributed by atoms with Gasteiger partial charge in [0.25, 0.3) is 0 Å². The molecule has 0 spiro atoms. The maximum atomic E-state index is 12.4. The van der Waals surface area contributed by atoms with Crippen LogP contribution in [0.3, 0.4) is 0 Å². The molecular formula is C13H20N2O2S3. The van der Waals surface area contributed by atoms with Crippen molar-refractivity contribution in [3.63, 3.8) is 0 Å². The highest BCUT2D eigenvalue weighted by molar-refractivity contribution is 7.99. The third-order valence-corrected chi connectivity index (χ3v) is 8.04. The van der Waals surface area contributed by atoms with Gasteiger partial charge in [-0.05, 0) is 43.6 Å². The van der Waals surface area contributed by atoms with E-state index < -0.39 is 10.0 Å². The van der Waals surface area contributed by atoms with Gasteiger partial charge < -0.3 is 5.32 Å². The Labute approximate surface area is 128 Å². The molecule has 2 aliphatic rings. The number of thiophene rings is 1. The van der Waals surface area contributed by atoms with Crippen molar-refractivity contribution in [2.75, 3.05) is 11.5 Å². The number of hydrogen-bond donors (Lipinski definition) is 2. The average Bonchev–Trinajstić information content (AvgIpc) is 2.94. The molecule has 3 rings (SSSR count). The minimum absolute atomic E-state index is 0.0976. The van der Waals surface area contributed by atoms with Gasteiger partial charge in [0.2, 0.25) is 10.0 Å². The van der Waals surface area contributed by atoms with Crippen molar-refractivity contribution in [2.45, 2.75) is 49.0 Å². The van der Waals surface area contributed by atoms with E-state index in [-0.39, 0.29) is 6.04 Å². The molecule has 0 bridgehead atoms. The van der Waals surface area contributed by atoms with E-state index in [9.17, 15) is 8.42 Å². The van der Waals surface area contributed by atoms with Crippen molar-refractivity contribution in [3.05, 3.63) is 16.5 Å². The van der Waals surface area contributed by atoms with E-state index in [1.54, 1.807) is 6.07 Å². The van der Waals surface area contributed by atoms with Gasteiger partial charge in [-0.2, -0.15) is 11.8 Å². The van der Waals surface area contributed by atoms with Crippen LogP contribution in [0.25, 0.3) is 0 Å². The molecule has 1 aliphatic carbocycles. The van der Waals surface area contributed by atoms with Crippen LogP contribution in [0.4, 0.5) is 0 Å². The van der Waals surface area contributed by atoms with Crippen molar-refractivity contribution < 1.29 is 8.42 Å². The molecule has 1 aromatic rings. The van der Waals surface area contributed by atoms with Crippen molar-refractivity contribution in [1.82, 2.24) is 10.0 Å². The molecule has 2 heterocycles. The molecule has 1 saturated heterocycles.